The Kier molecular flexibility index (Phi) is 5.93. The number of nitrogens with one attached hydrogen (secondary N) is 1. The highest BCUT2D eigenvalue weighted by Gasteiger charge is 2.31. The van der Waals surface area contributed by atoms with Crippen molar-refractivity contribution < 1.29 is 8.42 Å². The van der Waals surface area contributed by atoms with Gasteiger partial charge < -0.3 is 9.88 Å². The summed E-state index contributed by atoms with van der Waals surface area (Å²) in [6.45, 7) is 2.94. The summed E-state index contributed by atoms with van der Waals surface area (Å²) in [6, 6.07) is 2.01. The van der Waals surface area contributed by atoms with Crippen LogP contribution in [0.5, 0.6) is 0 Å². The van der Waals surface area contributed by atoms with Gasteiger partial charge in [-0.15, -0.1) is 11.3 Å². The maximum atomic E-state index is 12.6. The largest absolute Gasteiger partial charge is 0.337 e. The molecule has 1 aliphatic rings. The van der Waals surface area contributed by atoms with Crippen LogP contribution in [0.2, 0.25) is 5.02 Å². The predicted molar refractivity (Wildman–Crippen MR) is 96.0 cm³/mol. The molecular weight excluding hydrogens is 368 g/mol. The van der Waals surface area contributed by atoms with Crippen molar-refractivity contribution in [3.63, 3.8) is 0 Å². The lowest BCUT2D eigenvalue weighted by molar-refractivity contribution is 0.288. The standard InChI is InChI=1S/C15H21ClN4O2S2/c16-14-4-11-23-15(14)24(21,22)20-8-2-13(3-9-20)18-5-1-7-19-10-6-17-12-19/h4,6,10-13,18H,1-3,5,7-9H2. The molecule has 1 N–H and O–H groups in total. The van der Waals surface area contributed by atoms with Gasteiger partial charge in [0.05, 0.1) is 11.3 Å². The second-order valence-electron chi connectivity index (χ2n) is 5.84. The van der Waals surface area contributed by atoms with Crippen LogP contribution < -0.4 is 5.32 Å². The van der Waals surface area contributed by atoms with Crippen molar-refractivity contribution in [2.75, 3.05) is 19.6 Å². The second-order valence-corrected chi connectivity index (χ2v) is 9.30. The molecule has 0 spiro atoms. The van der Waals surface area contributed by atoms with E-state index in [9.17, 15) is 8.42 Å². The number of sulfonamides is 1. The van der Waals surface area contributed by atoms with Crippen molar-refractivity contribution in [2.45, 2.75) is 36.1 Å². The first-order valence-electron chi connectivity index (χ1n) is 7.99. The number of nitrogens with zero attached hydrogens (tertiary/aromatic N) is 3. The van der Waals surface area contributed by atoms with Crippen LogP contribution in [0, 0.1) is 0 Å². The number of thiophene rings is 1. The molecule has 0 amide bonds. The predicted octanol–water partition coefficient (Wildman–Crippen LogP) is 2.43. The normalized spacial score (nSPS) is 17.4. The van der Waals surface area contributed by atoms with Gasteiger partial charge in [0.1, 0.15) is 0 Å². The van der Waals surface area contributed by atoms with E-state index in [4.69, 9.17) is 11.6 Å². The summed E-state index contributed by atoms with van der Waals surface area (Å²) in [5.41, 5.74) is 0. The summed E-state index contributed by atoms with van der Waals surface area (Å²) in [7, 11) is -3.45. The van der Waals surface area contributed by atoms with Crippen molar-refractivity contribution in [1.82, 2.24) is 19.2 Å². The van der Waals surface area contributed by atoms with E-state index < -0.39 is 10.0 Å². The fourth-order valence-electron chi connectivity index (χ4n) is 2.87. The Morgan fingerprint density at radius 3 is 2.79 bits per heavy atom. The van der Waals surface area contributed by atoms with E-state index >= 15 is 0 Å². The number of aromatic nitrogens is 2. The third-order valence-electron chi connectivity index (χ3n) is 4.20. The molecule has 0 saturated carbocycles. The van der Waals surface area contributed by atoms with E-state index in [1.807, 2.05) is 12.5 Å². The van der Waals surface area contributed by atoms with E-state index in [-0.39, 0.29) is 4.21 Å². The SMILES string of the molecule is O=S(=O)(c1sccc1Cl)N1CCC(NCCCn2ccnc2)CC1. The molecule has 0 bridgehead atoms. The van der Waals surface area contributed by atoms with Crippen LogP contribution in [0.15, 0.2) is 34.4 Å². The van der Waals surface area contributed by atoms with E-state index in [2.05, 4.69) is 14.9 Å². The van der Waals surface area contributed by atoms with Gasteiger partial charge in [0.15, 0.2) is 4.21 Å². The lowest BCUT2D eigenvalue weighted by Gasteiger charge is -2.31. The molecule has 0 aromatic carbocycles. The highest BCUT2D eigenvalue weighted by molar-refractivity contribution is 7.91. The minimum Gasteiger partial charge on any atom is -0.337 e. The summed E-state index contributed by atoms with van der Waals surface area (Å²) in [4.78, 5) is 4.02. The molecular formula is C15H21ClN4O2S2. The number of imidazole rings is 1. The molecule has 0 aliphatic carbocycles. The van der Waals surface area contributed by atoms with Crippen molar-refractivity contribution >= 4 is 33.0 Å². The van der Waals surface area contributed by atoms with E-state index in [1.165, 1.54) is 11.3 Å². The Hall–Kier alpha value is -0.930. The summed E-state index contributed by atoms with van der Waals surface area (Å²) >= 11 is 7.17. The van der Waals surface area contributed by atoms with Gasteiger partial charge in [0.25, 0.3) is 10.0 Å². The molecule has 24 heavy (non-hydrogen) atoms. The Morgan fingerprint density at radius 1 is 1.38 bits per heavy atom. The average molecular weight is 389 g/mol. The Bertz CT molecular complexity index is 737. The lowest BCUT2D eigenvalue weighted by atomic mass is 10.1. The zero-order valence-corrected chi connectivity index (χ0v) is 15.7. The first-order valence-corrected chi connectivity index (χ1v) is 10.7. The van der Waals surface area contributed by atoms with Crippen molar-refractivity contribution in [3.8, 4) is 0 Å². The highest BCUT2D eigenvalue weighted by Crippen LogP contribution is 2.31. The van der Waals surface area contributed by atoms with E-state index in [0.717, 1.165) is 32.4 Å². The molecule has 1 fully saturated rings. The van der Waals surface area contributed by atoms with Gasteiger partial charge >= 0.3 is 0 Å². The second kappa shape index (κ2) is 7.97. The summed E-state index contributed by atoms with van der Waals surface area (Å²) < 4.78 is 29.0. The van der Waals surface area contributed by atoms with Crippen LogP contribution in [-0.2, 0) is 16.6 Å². The summed E-state index contributed by atoms with van der Waals surface area (Å²) in [5.74, 6) is 0. The molecule has 3 rings (SSSR count). The van der Waals surface area contributed by atoms with Crippen LogP contribution >= 0.6 is 22.9 Å². The quantitative estimate of drug-likeness (QED) is 0.740. The third kappa shape index (κ3) is 4.18. The minimum absolute atomic E-state index is 0.260. The van der Waals surface area contributed by atoms with Crippen LogP contribution in [0.3, 0.4) is 0 Å². The monoisotopic (exact) mass is 388 g/mol. The molecule has 0 unspecified atom stereocenters. The Labute approximate surface area is 151 Å². The molecule has 2 aromatic heterocycles. The van der Waals surface area contributed by atoms with E-state index in [1.54, 1.807) is 21.9 Å². The van der Waals surface area contributed by atoms with Gasteiger partial charge in [-0.05, 0) is 37.3 Å². The summed E-state index contributed by atoms with van der Waals surface area (Å²) in [6.07, 6.45) is 8.24. The molecule has 132 valence electrons. The zero-order valence-electron chi connectivity index (χ0n) is 13.3. The highest BCUT2D eigenvalue weighted by atomic mass is 35.5. The van der Waals surface area contributed by atoms with Crippen LogP contribution in [0.1, 0.15) is 19.3 Å². The van der Waals surface area contributed by atoms with Crippen molar-refractivity contribution in [1.29, 1.82) is 0 Å². The number of hydrogen-bond donors (Lipinski definition) is 1. The van der Waals surface area contributed by atoms with E-state index in [0.29, 0.717) is 24.2 Å². The first-order chi connectivity index (χ1) is 11.6. The van der Waals surface area contributed by atoms with Gasteiger partial charge in [-0.1, -0.05) is 11.6 Å². The number of aryl methyl sites for hydroxylation is 1. The topological polar surface area (TPSA) is 67.2 Å². The maximum Gasteiger partial charge on any atom is 0.254 e. The van der Waals surface area contributed by atoms with Gasteiger partial charge in [0.2, 0.25) is 0 Å². The van der Waals surface area contributed by atoms with Crippen LogP contribution in [0.25, 0.3) is 0 Å². The minimum atomic E-state index is -3.45. The molecule has 1 aliphatic heterocycles. The fraction of sp³-hybridized carbons (Fsp3) is 0.533. The number of halogens is 1. The molecule has 0 radical (unpaired) electrons. The molecule has 3 heterocycles. The van der Waals surface area contributed by atoms with Crippen molar-refractivity contribution in [2.24, 2.45) is 0 Å². The smallest absolute Gasteiger partial charge is 0.254 e. The fourth-order valence-corrected chi connectivity index (χ4v) is 6.15. The molecule has 6 nitrogen and oxygen atoms in total. The summed E-state index contributed by atoms with van der Waals surface area (Å²) in [5, 5.41) is 5.55. The number of hydrogen-bond acceptors (Lipinski definition) is 5. The van der Waals surface area contributed by atoms with Crippen molar-refractivity contribution in [3.05, 3.63) is 35.2 Å². The molecule has 9 heteroatoms. The van der Waals surface area contributed by atoms with Gasteiger partial charge in [-0.25, -0.2) is 13.4 Å². The molecule has 1 saturated heterocycles. The molecule has 2 aromatic rings. The van der Waals surface area contributed by atoms with Gasteiger partial charge in [-0.2, -0.15) is 4.31 Å². The zero-order chi connectivity index (χ0) is 17.0. The molecule has 0 atom stereocenters. The Balaban J connectivity index is 1.43. The van der Waals surface area contributed by atoms with Crippen LogP contribution in [-0.4, -0.2) is 48.0 Å². The third-order valence-corrected chi connectivity index (χ3v) is 8.10. The average Bonchev–Trinajstić information content (AvgIpc) is 3.23. The van der Waals surface area contributed by atoms with Gasteiger partial charge in [-0.3, -0.25) is 0 Å². The van der Waals surface area contributed by atoms with Crippen LogP contribution in [0.4, 0.5) is 0 Å². The lowest BCUT2D eigenvalue weighted by Crippen LogP contribution is -2.45. The first kappa shape index (κ1) is 17.9. The maximum absolute atomic E-state index is 12.6. The number of piperidine rings is 1. The van der Waals surface area contributed by atoms with Gasteiger partial charge in [0, 0.05) is 38.1 Å². The number of rotatable bonds is 7. The Morgan fingerprint density at radius 2 is 2.17 bits per heavy atom.